The second-order valence-corrected chi connectivity index (χ2v) is 3.10. The molecule has 0 saturated carbocycles. The zero-order valence-electron chi connectivity index (χ0n) is 7.28. The molecule has 0 atom stereocenters. The lowest BCUT2D eigenvalue weighted by molar-refractivity contribution is 0.516. The van der Waals surface area contributed by atoms with E-state index < -0.39 is 6.08 Å². The second-order valence-electron chi connectivity index (χ2n) is 3.10. The van der Waals surface area contributed by atoms with E-state index >= 15 is 0 Å². The molecule has 0 N–H and O–H groups in total. The summed E-state index contributed by atoms with van der Waals surface area (Å²) < 4.78 is 12.6. The molecule has 2 heterocycles. The van der Waals surface area contributed by atoms with Crippen LogP contribution in [0.2, 0.25) is 0 Å². The Morgan fingerprint density at radius 1 is 1.15 bits per heavy atom. The van der Waals surface area contributed by atoms with Crippen LogP contribution in [-0.4, -0.2) is 28.0 Å². The Bertz CT molecular complexity index is 285. The lowest BCUT2D eigenvalue weighted by Gasteiger charge is -2.25. The summed E-state index contributed by atoms with van der Waals surface area (Å²) in [4.78, 5) is 12.9. The summed E-state index contributed by atoms with van der Waals surface area (Å²) in [5.74, 6) is 0.465. The third-order valence-electron chi connectivity index (χ3n) is 2.17. The molecule has 0 aliphatic carbocycles. The van der Waals surface area contributed by atoms with Gasteiger partial charge in [-0.2, -0.15) is 14.4 Å². The molecule has 0 spiro atoms. The van der Waals surface area contributed by atoms with Crippen LogP contribution >= 0.6 is 0 Å². The monoisotopic (exact) mass is 182 g/mol. The lowest BCUT2D eigenvalue weighted by Crippen LogP contribution is -2.31. The summed E-state index contributed by atoms with van der Waals surface area (Å²) >= 11 is 0. The zero-order valence-corrected chi connectivity index (χ0v) is 7.28. The van der Waals surface area contributed by atoms with Crippen LogP contribution in [0, 0.1) is 6.08 Å². The zero-order chi connectivity index (χ0) is 9.10. The molecule has 1 saturated heterocycles. The number of rotatable bonds is 1. The van der Waals surface area contributed by atoms with Crippen molar-refractivity contribution in [2.75, 3.05) is 18.0 Å². The molecule has 0 aromatic carbocycles. The summed E-state index contributed by atoms with van der Waals surface area (Å²) in [5.41, 5.74) is 0. The molecule has 2 rings (SSSR count). The van der Waals surface area contributed by atoms with Crippen molar-refractivity contribution >= 4 is 5.95 Å². The average molecular weight is 182 g/mol. The first kappa shape index (κ1) is 8.34. The van der Waals surface area contributed by atoms with Crippen molar-refractivity contribution in [3.05, 3.63) is 12.4 Å². The fourth-order valence-electron chi connectivity index (χ4n) is 1.51. The Kier molecular flexibility index (Phi) is 2.33. The molecule has 70 valence electrons. The van der Waals surface area contributed by atoms with E-state index in [1.807, 2.05) is 4.90 Å². The molecule has 1 aliphatic rings. The van der Waals surface area contributed by atoms with Gasteiger partial charge in [0.2, 0.25) is 5.95 Å². The number of anilines is 1. The summed E-state index contributed by atoms with van der Waals surface area (Å²) in [7, 11) is 0. The highest BCUT2D eigenvalue weighted by atomic mass is 19.1. The van der Waals surface area contributed by atoms with Crippen molar-refractivity contribution in [1.29, 1.82) is 0 Å². The van der Waals surface area contributed by atoms with Crippen LogP contribution in [0.3, 0.4) is 0 Å². The fraction of sp³-hybridized carbons (Fsp3) is 0.625. The molecule has 13 heavy (non-hydrogen) atoms. The van der Waals surface area contributed by atoms with Crippen LogP contribution in [0.4, 0.5) is 10.3 Å². The maximum atomic E-state index is 12.6. The topological polar surface area (TPSA) is 41.9 Å². The summed E-state index contributed by atoms with van der Waals surface area (Å²) in [6, 6.07) is 0. The Morgan fingerprint density at radius 3 is 2.62 bits per heavy atom. The van der Waals surface area contributed by atoms with Gasteiger partial charge in [0.25, 0.3) is 0 Å². The van der Waals surface area contributed by atoms with Crippen LogP contribution in [0.25, 0.3) is 0 Å². The van der Waals surface area contributed by atoms with E-state index in [1.54, 1.807) is 0 Å². The van der Waals surface area contributed by atoms with Crippen molar-refractivity contribution in [2.24, 2.45) is 0 Å². The standard InChI is InChI=1S/C8H11FN4/c9-7-10-6-11-8(12-7)13-4-2-1-3-5-13/h6H,1-5H2. The molecule has 5 heteroatoms. The first-order chi connectivity index (χ1) is 6.36. The van der Waals surface area contributed by atoms with E-state index in [0.29, 0.717) is 5.95 Å². The van der Waals surface area contributed by atoms with Crippen molar-refractivity contribution in [3.8, 4) is 0 Å². The minimum absolute atomic E-state index is 0.465. The molecule has 4 nitrogen and oxygen atoms in total. The number of nitrogens with zero attached hydrogens (tertiary/aromatic N) is 4. The number of piperidine rings is 1. The van der Waals surface area contributed by atoms with Crippen LogP contribution in [0.1, 0.15) is 19.3 Å². The Morgan fingerprint density at radius 2 is 1.92 bits per heavy atom. The highest BCUT2D eigenvalue weighted by molar-refractivity contribution is 5.27. The summed E-state index contributed by atoms with van der Waals surface area (Å²) in [6.07, 6.45) is 4.02. The molecular weight excluding hydrogens is 171 g/mol. The van der Waals surface area contributed by atoms with Crippen LogP contribution < -0.4 is 4.90 Å². The first-order valence-electron chi connectivity index (χ1n) is 4.46. The van der Waals surface area contributed by atoms with E-state index in [9.17, 15) is 4.39 Å². The van der Waals surface area contributed by atoms with E-state index in [0.717, 1.165) is 25.9 Å². The molecule has 1 fully saturated rings. The third kappa shape index (κ3) is 1.91. The highest BCUT2D eigenvalue weighted by Crippen LogP contribution is 2.14. The van der Waals surface area contributed by atoms with E-state index in [-0.39, 0.29) is 0 Å². The molecule has 1 aromatic rings. The van der Waals surface area contributed by atoms with Gasteiger partial charge in [0.1, 0.15) is 6.33 Å². The maximum absolute atomic E-state index is 12.6. The summed E-state index contributed by atoms with van der Waals surface area (Å²) in [6.45, 7) is 1.84. The van der Waals surface area contributed by atoms with Gasteiger partial charge in [-0.1, -0.05) is 0 Å². The minimum atomic E-state index is -0.699. The quantitative estimate of drug-likeness (QED) is 0.649. The van der Waals surface area contributed by atoms with E-state index in [4.69, 9.17) is 0 Å². The van der Waals surface area contributed by atoms with Crippen molar-refractivity contribution < 1.29 is 4.39 Å². The largest absolute Gasteiger partial charge is 0.341 e. The van der Waals surface area contributed by atoms with Gasteiger partial charge in [-0.15, -0.1) is 0 Å². The van der Waals surface area contributed by atoms with Gasteiger partial charge < -0.3 is 4.90 Å². The first-order valence-corrected chi connectivity index (χ1v) is 4.46. The molecule has 0 bridgehead atoms. The maximum Gasteiger partial charge on any atom is 0.313 e. The van der Waals surface area contributed by atoms with Crippen molar-refractivity contribution in [3.63, 3.8) is 0 Å². The smallest absolute Gasteiger partial charge is 0.313 e. The normalized spacial score (nSPS) is 17.5. The van der Waals surface area contributed by atoms with Gasteiger partial charge in [0, 0.05) is 13.1 Å². The number of hydrogen-bond acceptors (Lipinski definition) is 4. The van der Waals surface area contributed by atoms with E-state index in [2.05, 4.69) is 15.0 Å². The van der Waals surface area contributed by atoms with E-state index in [1.165, 1.54) is 12.7 Å². The summed E-state index contributed by atoms with van der Waals surface area (Å²) in [5, 5.41) is 0. The number of aromatic nitrogens is 3. The van der Waals surface area contributed by atoms with Crippen molar-refractivity contribution in [2.45, 2.75) is 19.3 Å². The van der Waals surface area contributed by atoms with Gasteiger partial charge in [-0.3, -0.25) is 0 Å². The second kappa shape index (κ2) is 3.64. The Labute approximate surface area is 75.8 Å². The van der Waals surface area contributed by atoms with Gasteiger partial charge in [0.05, 0.1) is 0 Å². The number of halogens is 1. The van der Waals surface area contributed by atoms with Gasteiger partial charge >= 0.3 is 6.08 Å². The van der Waals surface area contributed by atoms with Crippen LogP contribution in [0.5, 0.6) is 0 Å². The predicted octanol–water partition coefficient (Wildman–Crippen LogP) is 1.00. The van der Waals surface area contributed by atoms with Crippen LogP contribution in [-0.2, 0) is 0 Å². The third-order valence-corrected chi connectivity index (χ3v) is 2.17. The predicted molar refractivity (Wildman–Crippen MR) is 45.8 cm³/mol. The SMILES string of the molecule is Fc1ncnc(N2CCCCC2)n1. The highest BCUT2D eigenvalue weighted by Gasteiger charge is 2.13. The molecule has 0 radical (unpaired) electrons. The molecule has 0 unspecified atom stereocenters. The molecule has 1 aromatic heterocycles. The van der Waals surface area contributed by atoms with Gasteiger partial charge in [-0.25, -0.2) is 4.98 Å². The molecule has 0 amide bonds. The molecule has 1 aliphatic heterocycles. The Hall–Kier alpha value is -1.26. The average Bonchev–Trinajstić information content (AvgIpc) is 2.19. The molecular formula is C8H11FN4. The lowest BCUT2D eigenvalue weighted by atomic mass is 10.1. The minimum Gasteiger partial charge on any atom is -0.341 e. The Balaban J connectivity index is 2.14. The van der Waals surface area contributed by atoms with Gasteiger partial charge in [0.15, 0.2) is 0 Å². The van der Waals surface area contributed by atoms with Crippen molar-refractivity contribution in [1.82, 2.24) is 15.0 Å². The van der Waals surface area contributed by atoms with Crippen LogP contribution in [0.15, 0.2) is 6.33 Å². The van der Waals surface area contributed by atoms with Gasteiger partial charge in [-0.05, 0) is 19.3 Å². The number of hydrogen-bond donors (Lipinski definition) is 0. The fourth-order valence-corrected chi connectivity index (χ4v) is 1.51.